The number of benzene rings is 1. The highest BCUT2D eigenvalue weighted by Crippen LogP contribution is 2.44. The van der Waals surface area contributed by atoms with E-state index in [0.29, 0.717) is 15.8 Å². The molecular formula is C19H25Cl2NO3S. The average molecular weight is 418 g/mol. The van der Waals surface area contributed by atoms with E-state index in [9.17, 15) is 9.59 Å². The lowest BCUT2D eigenvalue weighted by atomic mass is 9.96. The minimum Gasteiger partial charge on any atom is -0.467 e. The summed E-state index contributed by atoms with van der Waals surface area (Å²) in [4.78, 5) is 27.3. The number of unbranched alkanes of at least 4 members (excludes halogenated alkanes) is 1. The molecule has 0 spiro atoms. The van der Waals surface area contributed by atoms with Gasteiger partial charge in [0, 0.05) is 11.7 Å². The predicted octanol–water partition coefficient (Wildman–Crippen LogP) is 5.33. The van der Waals surface area contributed by atoms with Crippen LogP contribution in [-0.4, -0.2) is 35.7 Å². The first-order valence-electron chi connectivity index (χ1n) is 8.91. The van der Waals surface area contributed by atoms with Crippen LogP contribution in [0.5, 0.6) is 0 Å². The maximum absolute atomic E-state index is 13.3. The number of rotatable bonds is 7. The quantitative estimate of drug-likeness (QED) is 0.562. The molecule has 0 N–H and O–H groups in total. The van der Waals surface area contributed by atoms with Crippen molar-refractivity contribution in [3.05, 3.63) is 33.8 Å². The Morgan fingerprint density at radius 2 is 2.04 bits per heavy atom. The van der Waals surface area contributed by atoms with Crippen LogP contribution in [0.4, 0.5) is 0 Å². The Bertz CT molecular complexity index is 656. The van der Waals surface area contributed by atoms with Crippen LogP contribution < -0.4 is 0 Å². The molecule has 26 heavy (non-hydrogen) atoms. The molecular weight excluding hydrogens is 393 g/mol. The largest absolute Gasteiger partial charge is 0.467 e. The van der Waals surface area contributed by atoms with E-state index >= 15 is 0 Å². The van der Waals surface area contributed by atoms with Gasteiger partial charge in [0.25, 0.3) is 0 Å². The summed E-state index contributed by atoms with van der Waals surface area (Å²) in [7, 11) is 1.36. The van der Waals surface area contributed by atoms with Crippen LogP contribution in [0.1, 0.15) is 50.5 Å². The van der Waals surface area contributed by atoms with Crippen molar-refractivity contribution in [1.82, 2.24) is 4.90 Å². The van der Waals surface area contributed by atoms with Crippen LogP contribution in [0, 0.1) is 5.92 Å². The lowest BCUT2D eigenvalue weighted by Gasteiger charge is -2.31. The maximum atomic E-state index is 13.3. The number of halogens is 2. The lowest BCUT2D eigenvalue weighted by molar-refractivity contribution is -0.153. The summed E-state index contributed by atoms with van der Waals surface area (Å²) >= 11 is 13.7. The second-order valence-corrected chi connectivity index (χ2v) is 8.32. The molecule has 1 amide bonds. The first-order valence-corrected chi connectivity index (χ1v) is 10.7. The van der Waals surface area contributed by atoms with Crippen LogP contribution in [-0.2, 0) is 14.3 Å². The van der Waals surface area contributed by atoms with Gasteiger partial charge >= 0.3 is 5.97 Å². The van der Waals surface area contributed by atoms with Crippen molar-refractivity contribution < 1.29 is 14.3 Å². The summed E-state index contributed by atoms with van der Waals surface area (Å²) in [6.45, 7) is 4.13. The third-order valence-corrected chi connectivity index (χ3v) is 6.77. The number of amides is 1. The number of ether oxygens (including phenoxy) is 1. The van der Waals surface area contributed by atoms with Crippen molar-refractivity contribution in [2.45, 2.75) is 50.9 Å². The Morgan fingerprint density at radius 1 is 1.31 bits per heavy atom. The number of carbonyl (C=O) groups excluding carboxylic acids is 2. The molecule has 0 bridgehead atoms. The standard InChI is InChI=1S/C19H25Cl2NO3S/c1-4-6-7-12(5-2)17(23)22-16(19(24)25-3)11-26-18(22)13-8-9-14(20)15(21)10-13/h8-10,12,16,18H,4-7,11H2,1-3H3. The SMILES string of the molecule is CCCCC(CC)C(=O)N1C(C(=O)OC)CSC1c1ccc(Cl)c(Cl)c1. The fourth-order valence-corrected chi connectivity index (χ4v) is 4.90. The minimum atomic E-state index is -0.576. The second kappa shape index (κ2) is 9.86. The average Bonchev–Trinajstić information content (AvgIpc) is 3.08. The first-order chi connectivity index (χ1) is 12.4. The van der Waals surface area contributed by atoms with E-state index in [0.717, 1.165) is 31.2 Å². The molecule has 3 atom stereocenters. The van der Waals surface area contributed by atoms with Gasteiger partial charge in [0.15, 0.2) is 0 Å². The molecule has 1 heterocycles. The molecule has 144 valence electrons. The van der Waals surface area contributed by atoms with Crippen LogP contribution in [0.15, 0.2) is 18.2 Å². The molecule has 1 aromatic rings. The normalized spacial score (nSPS) is 20.9. The topological polar surface area (TPSA) is 46.6 Å². The van der Waals surface area contributed by atoms with Gasteiger partial charge in [-0.2, -0.15) is 0 Å². The van der Waals surface area contributed by atoms with Gasteiger partial charge in [-0.25, -0.2) is 4.79 Å². The van der Waals surface area contributed by atoms with Crippen LogP contribution in [0.2, 0.25) is 10.0 Å². The smallest absolute Gasteiger partial charge is 0.329 e. The molecule has 1 aliphatic rings. The van der Waals surface area contributed by atoms with Gasteiger partial charge in [-0.1, -0.05) is 56.0 Å². The number of thioether (sulfide) groups is 1. The Morgan fingerprint density at radius 3 is 2.62 bits per heavy atom. The summed E-state index contributed by atoms with van der Waals surface area (Å²) in [5.41, 5.74) is 0.870. The molecule has 0 aliphatic carbocycles. The first kappa shape index (κ1) is 21.4. The van der Waals surface area contributed by atoms with E-state index in [4.69, 9.17) is 27.9 Å². The maximum Gasteiger partial charge on any atom is 0.329 e. The van der Waals surface area contributed by atoms with Crippen molar-refractivity contribution in [3.8, 4) is 0 Å². The Kier molecular flexibility index (Phi) is 8.11. The molecule has 1 aliphatic heterocycles. The third-order valence-electron chi connectivity index (χ3n) is 4.71. The third kappa shape index (κ3) is 4.68. The highest BCUT2D eigenvalue weighted by Gasteiger charge is 2.44. The van der Waals surface area contributed by atoms with Gasteiger partial charge in [-0.3, -0.25) is 4.79 Å². The summed E-state index contributed by atoms with van der Waals surface area (Å²) in [5, 5.41) is 0.643. The Balaban J connectivity index is 2.35. The summed E-state index contributed by atoms with van der Waals surface area (Å²) in [6.07, 6.45) is 3.61. The van der Waals surface area contributed by atoms with Crippen LogP contribution in [0.25, 0.3) is 0 Å². The van der Waals surface area contributed by atoms with Crippen molar-refractivity contribution in [3.63, 3.8) is 0 Å². The van der Waals surface area contributed by atoms with Crippen molar-refractivity contribution in [2.24, 2.45) is 5.92 Å². The molecule has 3 unspecified atom stereocenters. The van der Waals surface area contributed by atoms with E-state index in [2.05, 4.69) is 6.92 Å². The van der Waals surface area contributed by atoms with Gasteiger partial charge in [0.05, 0.1) is 17.2 Å². The lowest BCUT2D eigenvalue weighted by Crippen LogP contribution is -2.46. The second-order valence-electron chi connectivity index (χ2n) is 6.39. The van der Waals surface area contributed by atoms with E-state index in [1.165, 1.54) is 7.11 Å². The number of hydrogen-bond acceptors (Lipinski definition) is 4. The number of methoxy groups -OCH3 is 1. The van der Waals surface area contributed by atoms with E-state index in [1.54, 1.807) is 28.8 Å². The number of carbonyl (C=O) groups is 2. The number of nitrogens with zero attached hydrogens (tertiary/aromatic N) is 1. The van der Waals surface area contributed by atoms with Gasteiger partial charge < -0.3 is 9.64 Å². The van der Waals surface area contributed by atoms with Gasteiger partial charge in [0.1, 0.15) is 11.4 Å². The number of hydrogen-bond donors (Lipinski definition) is 0. The minimum absolute atomic E-state index is 0.0115. The summed E-state index contributed by atoms with van der Waals surface area (Å²) < 4.78 is 4.94. The van der Waals surface area contributed by atoms with Gasteiger partial charge in [-0.05, 0) is 30.5 Å². The molecule has 1 aromatic carbocycles. The number of esters is 1. The molecule has 2 rings (SSSR count). The van der Waals surface area contributed by atoms with Crippen LogP contribution >= 0.6 is 35.0 Å². The monoisotopic (exact) mass is 417 g/mol. The molecule has 0 radical (unpaired) electrons. The highest BCUT2D eigenvalue weighted by atomic mass is 35.5. The molecule has 1 fully saturated rings. The fourth-order valence-electron chi connectivity index (χ4n) is 3.18. The molecule has 7 heteroatoms. The van der Waals surface area contributed by atoms with Gasteiger partial charge in [-0.15, -0.1) is 11.8 Å². The summed E-state index contributed by atoms with van der Waals surface area (Å²) in [5.74, 6) is 0.0512. The summed E-state index contributed by atoms with van der Waals surface area (Å²) in [6, 6.07) is 4.78. The van der Waals surface area contributed by atoms with Crippen LogP contribution in [0.3, 0.4) is 0 Å². The van der Waals surface area contributed by atoms with Crippen molar-refractivity contribution >= 4 is 46.8 Å². The van der Waals surface area contributed by atoms with Crippen molar-refractivity contribution in [2.75, 3.05) is 12.9 Å². The van der Waals surface area contributed by atoms with E-state index in [-0.39, 0.29) is 23.2 Å². The van der Waals surface area contributed by atoms with E-state index in [1.807, 2.05) is 13.0 Å². The fraction of sp³-hybridized carbons (Fsp3) is 0.579. The highest BCUT2D eigenvalue weighted by molar-refractivity contribution is 7.99. The zero-order valence-corrected chi connectivity index (χ0v) is 17.7. The molecule has 0 aromatic heterocycles. The van der Waals surface area contributed by atoms with E-state index < -0.39 is 6.04 Å². The molecule has 0 saturated carbocycles. The van der Waals surface area contributed by atoms with Crippen molar-refractivity contribution in [1.29, 1.82) is 0 Å². The Labute approximate surface area is 169 Å². The zero-order valence-electron chi connectivity index (χ0n) is 15.3. The zero-order chi connectivity index (χ0) is 19.3. The molecule has 4 nitrogen and oxygen atoms in total. The van der Waals surface area contributed by atoms with Gasteiger partial charge in [0.2, 0.25) is 5.91 Å². The molecule has 1 saturated heterocycles. The Hall–Kier alpha value is -0.910. The predicted molar refractivity (Wildman–Crippen MR) is 108 cm³/mol.